The van der Waals surface area contributed by atoms with Crippen molar-refractivity contribution >= 4 is 17.9 Å². The number of nitrogens with two attached hydrogens (primary N) is 1. The SMILES string of the molecule is CCCN=C(N)N(SC)[N+](=O)[O-]. The Hall–Kier alpha value is -0.980. The van der Waals surface area contributed by atoms with Crippen LogP contribution >= 0.6 is 11.9 Å². The molecule has 70 valence electrons. The highest BCUT2D eigenvalue weighted by molar-refractivity contribution is 7.96. The van der Waals surface area contributed by atoms with Crippen molar-refractivity contribution in [3.8, 4) is 0 Å². The van der Waals surface area contributed by atoms with Crippen LogP contribution in [0.25, 0.3) is 0 Å². The third kappa shape index (κ3) is 3.42. The molecular formula is C5H12N4O2S. The van der Waals surface area contributed by atoms with Crippen LogP contribution in [0.3, 0.4) is 0 Å². The first kappa shape index (κ1) is 11.0. The third-order valence-corrected chi connectivity index (χ3v) is 1.68. The molecule has 0 aromatic carbocycles. The maximum Gasteiger partial charge on any atom is 0.268 e. The molecule has 7 heteroatoms. The lowest BCUT2D eigenvalue weighted by molar-refractivity contribution is -0.592. The lowest BCUT2D eigenvalue weighted by Crippen LogP contribution is -2.36. The van der Waals surface area contributed by atoms with E-state index in [0.717, 1.165) is 22.8 Å². The average Bonchev–Trinajstić information content (AvgIpc) is 2.01. The van der Waals surface area contributed by atoms with Gasteiger partial charge in [-0.3, -0.25) is 0 Å². The summed E-state index contributed by atoms with van der Waals surface area (Å²) >= 11 is 0.915. The number of aliphatic imine (C=N–C) groups is 1. The fourth-order valence-electron chi connectivity index (χ4n) is 0.531. The molecule has 0 saturated heterocycles. The van der Waals surface area contributed by atoms with Gasteiger partial charge < -0.3 is 5.73 Å². The van der Waals surface area contributed by atoms with Crippen LogP contribution in [0, 0.1) is 10.1 Å². The summed E-state index contributed by atoms with van der Waals surface area (Å²) in [5.74, 6) is -0.0608. The van der Waals surface area contributed by atoms with Crippen molar-refractivity contribution in [1.82, 2.24) is 4.41 Å². The van der Waals surface area contributed by atoms with Gasteiger partial charge in [0, 0.05) is 24.7 Å². The molecule has 0 aromatic heterocycles. The number of nitro groups is 1. The molecule has 6 nitrogen and oxygen atoms in total. The zero-order valence-electron chi connectivity index (χ0n) is 7.06. The molecule has 0 unspecified atom stereocenters. The monoisotopic (exact) mass is 192 g/mol. The largest absolute Gasteiger partial charge is 0.364 e. The lowest BCUT2D eigenvalue weighted by Gasteiger charge is -2.07. The van der Waals surface area contributed by atoms with Crippen molar-refractivity contribution in [2.45, 2.75) is 13.3 Å². The summed E-state index contributed by atoms with van der Waals surface area (Å²) < 4.78 is 0.732. The van der Waals surface area contributed by atoms with Crippen LogP contribution in [0.5, 0.6) is 0 Å². The van der Waals surface area contributed by atoms with Gasteiger partial charge in [-0.1, -0.05) is 6.92 Å². The quantitative estimate of drug-likeness (QED) is 0.230. The smallest absolute Gasteiger partial charge is 0.268 e. The second-order valence-corrected chi connectivity index (χ2v) is 2.64. The summed E-state index contributed by atoms with van der Waals surface area (Å²) in [6, 6.07) is 0. The molecule has 0 bridgehead atoms. The molecular weight excluding hydrogens is 180 g/mol. The molecule has 2 N–H and O–H groups in total. The van der Waals surface area contributed by atoms with Crippen LogP contribution in [0.1, 0.15) is 13.3 Å². The second-order valence-electron chi connectivity index (χ2n) is 1.93. The van der Waals surface area contributed by atoms with Crippen LogP contribution < -0.4 is 5.73 Å². The highest BCUT2D eigenvalue weighted by atomic mass is 32.2. The summed E-state index contributed by atoms with van der Waals surface area (Å²) in [6.45, 7) is 2.43. The maximum atomic E-state index is 10.3. The van der Waals surface area contributed by atoms with Gasteiger partial charge >= 0.3 is 0 Å². The fourth-order valence-corrected chi connectivity index (χ4v) is 0.909. The molecule has 0 aliphatic carbocycles. The minimum Gasteiger partial charge on any atom is -0.364 e. The molecule has 0 rings (SSSR count). The van der Waals surface area contributed by atoms with Crippen molar-refractivity contribution in [3.05, 3.63) is 10.1 Å². The number of hydrogen-bond donors (Lipinski definition) is 1. The van der Waals surface area contributed by atoms with Crippen molar-refractivity contribution in [2.24, 2.45) is 10.7 Å². The second kappa shape index (κ2) is 5.64. The van der Waals surface area contributed by atoms with Gasteiger partial charge in [-0.05, 0) is 10.8 Å². The summed E-state index contributed by atoms with van der Waals surface area (Å²) in [5.41, 5.74) is 5.33. The van der Waals surface area contributed by atoms with Crippen LogP contribution in [-0.4, -0.2) is 28.2 Å². The Morgan fingerprint density at radius 3 is 2.75 bits per heavy atom. The summed E-state index contributed by atoms with van der Waals surface area (Å²) in [4.78, 5) is 14.1. The zero-order valence-corrected chi connectivity index (χ0v) is 7.87. The average molecular weight is 192 g/mol. The Balaban J connectivity index is 4.20. The Labute approximate surface area is 75.1 Å². The van der Waals surface area contributed by atoms with E-state index in [2.05, 4.69) is 4.99 Å². The van der Waals surface area contributed by atoms with Gasteiger partial charge in [0.1, 0.15) is 0 Å². The van der Waals surface area contributed by atoms with E-state index in [1.807, 2.05) is 6.92 Å². The van der Waals surface area contributed by atoms with Crippen LogP contribution in [0.15, 0.2) is 4.99 Å². The predicted molar refractivity (Wildman–Crippen MR) is 49.1 cm³/mol. The van der Waals surface area contributed by atoms with Crippen LogP contribution in [-0.2, 0) is 0 Å². The molecule has 0 fully saturated rings. The van der Waals surface area contributed by atoms with Crippen LogP contribution in [0.4, 0.5) is 0 Å². The first-order chi connectivity index (χ1) is 5.63. The number of hydrogen-bond acceptors (Lipinski definition) is 4. The molecule has 0 heterocycles. The summed E-state index contributed by atoms with van der Waals surface area (Å²) in [6.07, 6.45) is 2.39. The molecule has 0 radical (unpaired) electrons. The minimum atomic E-state index is -0.598. The van der Waals surface area contributed by atoms with Gasteiger partial charge in [-0.25, -0.2) is 15.1 Å². The van der Waals surface area contributed by atoms with E-state index in [4.69, 9.17) is 5.73 Å². The number of nitrogens with zero attached hydrogens (tertiary/aromatic N) is 3. The van der Waals surface area contributed by atoms with Gasteiger partial charge in [0.2, 0.25) is 0 Å². The van der Waals surface area contributed by atoms with E-state index in [0.29, 0.717) is 6.54 Å². The van der Waals surface area contributed by atoms with Crippen molar-refractivity contribution in [1.29, 1.82) is 0 Å². The molecule has 0 saturated carbocycles. The maximum absolute atomic E-state index is 10.3. The van der Waals surface area contributed by atoms with Gasteiger partial charge in [-0.15, -0.1) is 0 Å². The molecule has 0 spiro atoms. The Morgan fingerprint density at radius 2 is 2.42 bits per heavy atom. The summed E-state index contributed by atoms with van der Waals surface area (Å²) in [5, 5.41) is 9.69. The minimum absolute atomic E-state index is 0.0608. The highest BCUT2D eigenvalue weighted by Crippen LogP contribution is 2.03. The topological polar surface area (TPSA) is 84.8 Å². The fraction of sp³-hybridized carbons (Fsp3) is 0.800. The lowest BCUT2D eigenvalue weighted by atomic mass is 10.5. The number of rotatable bonds is 4. The van der Waals surface area contributed by atoms with Crippen LogP contribution in [0.2, 0.25) is 0 Å². The first-order valence-corrected chi connectivity index (χ1v) is 4.60. The third-order valence-electron chi connectivity index (χ3n) is 1.01. The van der Waals surface area contributed by atoms with Gasteiger partial charge in [0.25, 0.3) is 5.96 Å². The van der Waals surface area contributed by atoms with E-state index in [9.17, 15) is 10.1 Å². The number of guanidine groups is 1. The standard InChI is InChI=1S/C5H12N4O2S/c1-3-4-7-5(6)8(12-2)9(10)11/h3-4H2,1-2H3,(H2,6,7). The van der Waals surface area contributed by atoms with Crippen molar-refractivity contribution < 1.29 is 5.03 Å². The van der Waals surface area contributed by atoms with Gasteiger partial charge in [-0.2, -0.15) is 0 Å². The summed E-state index contributed by atoms with van der Waals surface area (Å²) in [7, 11) is 0. The van der Waals surface area contributed by atoms with E-state index >= 15 is 0 Å². The Morgan fingerprint density at radius 1 is 1.83 bits per heavy atom. The van der Waals surface area contributed by atoms with Crippen molar-refractivity contribution in [2.75, 3.05) is 12.8 Å². The van der Waals surface area contributed by atoms with Crippen molar-refractivity contribution in [3.63, 3.8) is 0 Å². The predicted octanol–water partition coefficient (Wildman–Crippen LogP) is 0.483. The molecule has 0 aromatic rings. The Bertz CT molecular complexity index is 184. The zero-order chi connectivity index (χ0) is 9.56. The molecule has 12 heavy (non-hydrogen) atoms. The molecule has 0 amide bonds. The Kier molecular flexibility index (Phi) is 5.18. The van der Waals surface area contributed by atoms with E-state index < -0.39 is 5.03 Å². The molecule has 0 aliphatic heterocycles. The van der Waals surface area contributed by atoms with E-state index in [1.54, 1.807) is 6.26 Å². The highest BCUT2D eigenvalue weighted by Gasteiger charge is 2.17. The van der Waals surface area contributed by atoms with Gasteiger partial charge in [0.15, 0.2) is 5.03 Å². The molecule has 0 aliphatic rings. The van der Waals surface area contributed by atoms with E-state index in [1.165, 1.54) is 0 Å². The van der Waals surface area contributed by atoms with E-state index in [-0.39, 0.29) is 5.96 Å². The van der Waals surface area contributed by atoms with Gasteiger partial charge in [0.05, 0.1) is 0 Å². The first-order valence-electron chi connectivity index (χ1n) is 3.42. The number of hydrazine groups is 1. The molecule has 0 atom stereocenters. The normalized spacial score (nSPS) is 11.3.